The molecule has 0 aliphatic rings. The van der Waals surface area contributed by atoms with E-state index in [1.165, 1.54) is 11.1 Å². The number of aryl methyl sites for hydroxylation is 2. The molecule has 0 saturated heterocycles. The molecular formula is C20H20ClNO2. The van der Waals surface area contributed by atoms with Gasteiger partial charge in [0.25, 0.3) is 0 Å². The van der Waals surface area contributed by atoms with Crippen LogP contribution in [0.3, 0.4) is 0 Å². The quantitative estimate of drug-likeness (QED) is 0.645. The van der Waals surface area contributed by atoms with Gasteiger partial charge < -0.3 is 4.42 Å². The fourth-order valence-electron chi connectivity index (χ4n) is 2.90. The average molecular weight is 342 g/mol. The molecule has 0 unspecified atom stereocenters. The van der Waals surface area contributed by atoms with Gasteiger partial charge in [-0.2, -0.15) is 0 Å². The van der Waals surface area contributed by atoms with Crippen LogP contribution in [0.25, 0.3) is 11.0 Å². The molecule has 3 rings (SSSR count). The van der Waals surface area contributed by atoms with E-state index in [2.05, 4.69) is 24.0 Å². The highest BCUT2D eigenvalue weighted by atomic mass is 35.5. The molecule has 3 nitrogen and oxygen atoms in total. The van der Waals surface area contributed by atoms with Crippen LogP contribution in [0.2, 0.25) is 5.02 Å². The van der Waals surface area contributed by atoms with Gasteiger partial charge in [-0.25, -0.2) is 4.79 Å². The van der Waals surface area contributed by atoms with Crippen molar-refractivity contribution in [1.29, 1.82) is 0 Å². The third-order valence-corrected chi connectivity index (χ3v) is 4.66. The first-order chi connectivity index (χ1) is 11.4. The summed E-state index contributed by atoms with van der Waals surface area (Å²) in [7, 11) is 2.04. The molecule has 3 aromatic rings. The van der Waals surface area contributed by atoms with Gasteiger partial charge >= 0.3 is 5.63 Å². The minimum absolute atomic E-state index is 0.330. The molecule has 1 heterocycles. The molecule has 0 bridgehead atoms. The smallest absolute Gasteiger partial charge is 0.336 e. The van der Waals surface area contributed by atoms with Crippen molar-refractivity contribution in [2.45, 2.75) is 26.9 Å². The maximum absolute atomic E-state index is 11.9. The normalized spacial score (nSPS) is 11.4. The lowest BCUT2D eigenvalue weighted by Gasteiger charge is -2.19. The highest BCUT2D eigenvalue weighted by molar-refractivity contribution is 6.32. The molecule has 24 heavy (non-hydrogen) atoms. The van der Waals surface area contributed by atoms with Crippen molar-refractivity contribution >= 4 is 22.6 Å². The highest BCUT2D eigenvalue weighted by Gasteiger charge is 2.11. The Bertz CT molecular complexity index is 946. The number of rotatable bonds is 4. The van der Waals surface area contributed by atoms with E-state index in [-0.39, 0.29) is 5.63 Å². The Morgan fingerprint density at radius 2 is 1.71 bits per heavy atom. The third kappa shape index (κ3) is 3.53. The Morgan fingerprint density at radius 1 is 1.00 bits per heavy atom. The van der Waals surface area contributed by atoms with E-state index in [1.54, 1.807) is 6.07 Å². The largest absolute Gasteiger partial charge is 0.423 e. The summed E-state index contributed by atoms with van der Waals surface area (Å²) in [5.74, 6) is 0. The summed E-state index contributed by atoms with van der Waals surface area (Å²) < 4.78 is 5.32. The van der Waals surface area contributed by atoms with Crippen molar-refractivity contribution in [3.63, 3.8) is 0 Å². The van der Waals surface area contributed by atoms with Crippen LogP contribution in [0.1, 0.15) is 22.3 Å². The first-order valence-corrected chi connectivity index (χ1v) is 8.28. The predicted molar refractivity (Wildman–Crippen MR) is 98.6 cm³/mol. The van der Waals surface area contributed by atoms with Gasteiger partial charge in [-0.1, -0.05) is 35.9 Å². The van der Waals surface area contributed by atoms with Crippen molar-refractivity contribution in [1.82, 2.24) is 4.90 Å². The Balaban J connectivity index is 1.93. The molecule has 0 fully saturated rings. The van der Waals surface area contributed by atoms with Gasteiger partial charge in [0.1, 0.15) is 5.58 Å². The first-order valence-electron chi connectivity index (χ1n) is 7.90. The van der Waals surface area contributed by atoms with Crippen LogP contribution in [-0.2, 0) is 13.1 Å². The van der Waals surface area contributed by atoms with Gasteiger partial charge in [0.05, 0.1) is 0 Å². The van der Waals surface area contributed by atoms with Crippen molar-refractivity contribution < 1.29 is 4.42 Å². The van der Waals surface area contributed by atoms with E-state index in [0.717, 1.165) is 23.1 Å². The van der Waals surface area contributed by atoms with E-state index in [9.17, 15) is 4.79 Å². The van der Waals surface area contributed by atoms with Gasteiger partial charge in [-0.05, 0) is 55.3 Å². The van der Waals surface area contributed by atoms with E-state index >= 15 is 0 Å². The summed E-state index contributed by atoms with van der Waals surface area (Å²) in [5, 5.41) is 1.57. The van der Waals surface area contributed by atoms with Crippen molar-refractivity contribution in [2.24, 2.45) is 0 Å². The summed E-state index contributed by atoms with van der Waals surface area (Å²) in [4.78, 5) is 14.1. The van der Waals surface area contributed by atoms with E-state index in [4.69, 9.17) is 16.0 Å². The van der Waals surface area contributed by atoms with Crippen LogP contribution < -0.4 is 5.63 Å². The van der Waals surface area contributed by atoms with Gasteiger partial charge in [0, 0.05) is 29.6 Å². The molecular weight excluding hydrogens is 322 g/mol. The second-order valence-electron chi connectivity index (χ2n) is 6.29. The van der Waals surface area contributed by atoms with Crippen LogP contribution in [0.15, 0.2) is 51.7 Å². The minimum atomic E-state index is -0.330. The molecule has 2 aromatic carbocycles. The van der Waals surface area contributed by atoms with Crippen LogP contribution in [0, 0.1) is 13.8 Å². The molecule has 0 atom stereocenters. The molecule has 0 amide bonds. The maximum Gasteiger partial charge on any atom is 0.336 e. The molecule has 0 N–H and O–H groups in total. The summed E-state index contributed by atoms with van der Waals surface area (Å²) >= 11 is 6.25. The van der Waals surface area contributed by atoms with E-state index in [0.29, 0.717) is 17.2 Å². The van der Waals surface area contributed by atoms with Crippen LogP contribution >= 0.6 is 11.6 Å². The molecule has 0 aliphatic carbocycles. The zero-order valence-corrected chi connectivity index (χ0v) is 14.9. The van der Waals surface area contributed by atoms with Crippen molar-refractivity contribution in [3.8, 4) is 0 Å². The Labute approximate surface area is 146 Å². The standard InChI is InChI=1S/C20H20ClNO2/c1-13-6-4-5-7-15(13)11-22(3)12-16-9-20(23)24-19-8-14(2)18(21)10-17(16)19/h4-10H,11-12H2,1-3H3. The third-order valence-electron chi connectivity index (χ3n) is 4.25. The van der Waals surface area contributed by atoms with Gasteiger partial charge in [-0.3, -0.25) is 4.90 Å². The summed E-state index contributed by atoms with van der Waals surface area (Å²) in [6.45, 7) is 5.47. The highest BCUT2D eigenvalue weighted by Crippen LogP contribution is 2.26. The Morgan fingerprint density at radius 3 is 2.46 bits per heavy atom. The lowest BCUT2D eigenvalue weighted by molar-refractivity contribution is 0.319. The number of nitrogens with zero attached hydrogens (tertiary/aromatic N) is 1. The molecule has 1 aromatic heterocycles. The monoisotopic (exact) mass is 341 g/mol. The molecule has 0 saturated carbocycles. The summed E-state index contributed by atoms with van der Waals surface area (Å²) in [6.07, 6.45) is 0. The second kappa shape index (κ2) is 6.80. The van der Waals surface area contributed by atoms with Gasteiger partial charge in [0.15, 0.2) is 0 Å². The maximum atomic E-state index is 11.9. The number of hydrogen-bond donors (Lipinski definition) is 0. The average Bonchev–Trinajstić information content (AvgIpc) is 2.51. The predicted octanol–water partition coefficient (Wildman–Crippen LogP) is 4.70. The summed E-state index contributed by atoms with van der Waals surface area (Å²) in [6, 6.07) is 13.6. The lowest BCUT2D eigenvalue weighted by atomic mass is 10.1. The summed E-state index contributed by atoms with van der Waals surface area (Å²) in [5.41, 5.74) is 4.63. The van der Waals surface area contributed by atoms with Crippen LogP contribution in [0.5, 0.6) is 0 Å². The SMILES string of the molecule is Cc1cc2oc(=O)cc(CN(C)Cc3ccccc3C)c2cc1Cl. The van der Waals surface area contributed by atoms with Crippen LogP contribution in [0.4, 0.5) is 0 Å². The van der Waals surface area contributed by atoms with E-state index < -0.39 is 0 Å². The Kier molecular flexibility index (Phi) is 4.74. The number of fused-ring (bicyclic) bond motifs is 1. The molecule has 0 radical (unpaired) electrons. The van der Waals surface area contributed by atoms with Crippen molar-refractivity contribution in [3.05, 3.63) is 80.2 Å². The van der Waals surface area contributed by atoms with Crippen molar-refractivity contribution in [2.75, 3.05) is 7.05 Å². The van der Waals surface area contributed by atoms with Gasteiger partial charge in [0.2, 0.25) is 0 Å². The lowest BCUT2D eigenvalue weighted by Crippen LogP contribution is -2.19. The van der Waals surface area contributed by atoms with Gasteiger partial charge in [-0.15, -0.1) is 0 Å². The van der Waals surface area contributed by atoms with Crippen LogP contribution in [-0.4, -0.2) is 11.9 Å². The fraction of sp³-hybridized carbons (Fsp3) is 0.250. The van der Waals surface area contributed by atoms with E-state index in [1.807, 2.05) is 38.2 Å². The number of benzene rings is 2. The fourth-order valence-corrected chi connectivity index (χ4v) is 3.07. The minimum Gasteiger partial charge on any atom is -0.423 e. The zero-order chi connectivity index (χ0) is 17.3. The second-order valence-corrected chi connectivity index (χ2v) is 6.69. The molecule has 0 aliphatic heterocycles. The molecule has 4 heteroatoms. The number of halogens is 1. The topological polar surface area (TPSA) is 33.5 Å². The Hall–Kier alpha value is -2.10. The molecule has 0 spiro atoms. The first kappa shape index (κ1) is 16.7. The molecule has 124 valence electrons. The zero-order valence-electron chi connectivity index (χ0n) is 14.1. The number of hydrogen-bond acceptors (Lipinski definition) is 3.